The van der Waals surface area contributed by atoms with E-state index in [4.69, 9.17) is 4.98 Å². The number of fused-ring (bicyclic) bond motifs is 9. The minimum Gasteiger partial charge on any atom is -0.294 e. The van der Waals surface area contributed by atoms with E-state index in [1.807, 2.05) is 6.20 Å². The fourth-order valence-corrected chi connectivity index (χ4v) is 8.78. The van der Waals surface area contributed by atoms with Crippen molar-refractivity contribution in [2.75, 3.05) is 0 Å². The summed E-state index contributed by atoms with van der Waals surface area (Å²) in [5.41, 5.74) is 13.1. The van der Waals surface area contributed by atoms with Gasteiger partial charge in [0.15, 0.2) is 0 Å². The van der Waals surface area contributed by atoms with E-state index < -0.39 is 0 Å². The van der Waals surface area contributed by atoms with Gasteiger partial charge in [0.1, 0.15) is 5.82 Å². The number of hydrogen-bond acceptors (Lipinski definition) is 2. The van der Waals surface area contributed by atoms with E-state index in [1.54, 1.807) is 11.3 Å². The van der Waals surface area contributed by atoms with Gasteiger partial charge in [-0.2, -0.15) is 0 Å². The molecular formula is C48H32N2S. The van der Waals surface area contributed by atoms with Gasteiger partial charge in [-0.3, -0.25) is 4.57 Å². The molecule has 6 aromatic carbocycles. The molecule has 0 saturated heterocycles. The average Bonchev–Trinajstić information content (AvgIpc) is 3.72. The maximum atomic E-state index is 5.00. The molecule has 9 aromatic rings. The highest BCUT2D eigenvalue weighted by Crippen LogP contribution is 2.40. The van der Waals surface area contributed by atoms with Crippen LogP contribution in [0.3, 0.4) is 0 Å². The first-order valence-corrected chi connectivity index (χ1v) is 18.2. The maximum absolute atomic E-state index is 5.00. The third kappa shape index (κ3) is 4.97. The van der Waals surface area contributed by atoms with Crippen LogP contribution in [0.1, 0.15) is 11.1 Å². The lowest BCUT2D eigenvalue weighted by molar-refractivity contribution is 1.09. The Balaban J connectivity index is 1.08. The standard InChI is InChI=1S/C48H32N2S/c1-31-12-3-2-4-13-32-14-5-6-17-38(32)41-27-35(22-24-37(31)41)33-15-11-16-34(26-33)36-23-25-46-42(28-36)43-29-48(49-30-47(43)51-46)50-44-20-9-7-18-39(44)40-19-8-10-21-45(40)50/h2-12,14-30H,1,13H2/b4-2-,12-3-. The highest BCUT2D eigenvalue weighted by atomic mass is 32.1. The van der Waals surface area contributed by atoms with Gasteiger partial charge in [0.2, 0.25) is 0 Å². The zero-order valence-corrected chi connectivity index (χ0v) is 28.7. The number of benzene rings is 6. The van der Waals surface area contributed by atoms with Gasteiger partial charge in [-0.25, -0.2) is 4.98 Å². The summed E-state index contributed by atoms with van der Waals surface area (Å²) in [5.74, 6) is 0.938. The molecule has 0 aliphatic heterocycles. The van der Waals surface area contributed by atoms with E-state index in [2.05, 4.69) is 175 Å². The molecule has 0 unspecified atom stereocenters. The third-order valence-electron chi connectivity index (χ3n) is 10.2. The molecule has 0 fully saturated rings. The zero-order chi connectivity index (χ0) is 33.9. The second-order valence-electron chi connectivity index (χ2n) is 13.2. The molecular weight excluding hydrogens is 637 g/mol. The highest BCUT2D eigenvalue weighted by molar-refractivity contribution is 7.25. The van der Waals surface area contributed by atoms with Crippen molar-refractivity contribution in [3.05, 3.63) is 188 Å². The van der Waals surface area contributed by atoms with E-state index in [-0.39, 0.29) is 0 Å². The Kier molecular flexibility index (Phi) is 6.93. The van der Waals surface area contributed by atoms with Crippen LogP contribution in [-0.2, 0) is 6.42 Å². The van der Waals surface area contributed by atoms with Crippen LogP contribution in [0.4, 0.5) is 0 Å². The molecule has 0 radical (unpaired) electrons. The van der Waals surface area contributed by atoms with Crippen LogP contribution in [0.15, 0.2) is 177 Å². The van der Waals surface area contributed by atoms with Crippen LogP contribution in [0.5, 0.6) is 0 Å². The molecule has 3 heterocycles. The second kappa shape index (κ2) is 11.9. The smallest absolute Gasteiger partial charge is 0.138 e. The summed E-state index contributed by atoms with van der Waals surface area (Å²) in [4.78, 5) is 5.00. The fourth-order valence-electron chi connectivity index (χ4n) is 7.74. The first-order chi connectivity index (χ1) is 25.2. The quantitative estimate of drug-likeness (QED) is 0.183. The number of thiophene rings is 1. The number of allylic oxidation sites excluding steroid dienone is 5. The molecule has 0 atom stereocenters. The Morgan fingerprint density at radius 3 is 2.04 bits per heavy atom. The minimum absolute atomic E-state index is 0.891. The van der Waals surface area contributed by atoms with Gasteiger partial charge >= 0.3 is 0 Å². The van der Waals surface area contributed by atoms with Gasteiger partial charge in [-0.15, -0.1) is 11.3 Å². The summed E-state index contributed by atoms with van der Waals surface area (Å²) in [5, 5.41) is 4.97. The lowest BCUT2D eigenvalue weighted by Crippen LogP contribution is -1.96. The van der Waals surface area contributed by atoms with E-state index in [9.17, 15) is 0 Å². The second-order valence-corrected chi connectivity index (χ2v) is 14.3. The van der Waals surface area contributed by atoms with Gasteiger partial charge in [0, 0.05) is 32.4 Å². The number of pyridine rings is 1. The molecule has 0 bridgehead atoms. The Bertz CT molecular complexity index is 2860. The van der Waals surface area contributed by atoms with Crippen molar-refractivity contribution in [1.29, 1.82) is 0 Å². The van der Waals surface area contributed by atoms with Crippen molar-refractivity contribution in [3.8, 4) is 39.2 Å². The molecule has 1 aliphatic carbocycles. The molecule has 1 aliphatic rings. The summed E-state index contributed by atoms with van der Waals surface area (Å²) in [6.07, 6.45) is 11.5. The first-order valence-electron chi connectivity index (χ1n) is 17.4. The summed E-state index contributed by atoms with van der Waals surface area (Å²) in [7, 11) is 0. The number of rotatable bonds is 3. The molecule has 3 aromatic heterocycles. The molecule has 0 spiro atoms. The van der Waals surface area contributed by atoms with Crippen molar-refractivity contribution in [3.63, 3.8) is 0 Å². The molecule has 0 amide bonds. The molecule has 10 rings (SSSR count). The van der Waals surface area contributed by atoms with Crippen molar-refractivity contribution in [2.45, 2.75) is 6.42 Å². The third-order valence-corrected chi connectivity index (χ3v) is 11.4. The van der Waals surface area contributed by atoms with Crippen LogP contribution in [0, 0.1) is 0 Å². The monoisotopic (exact) mass is 668 g/mol. The summed E-state index contributed by atoms with van der Waals surface area (Å²) in [6.45, 7) is 4.42. The minimum atomic E-state index is 0.891. The van der Waals surface area contributed by atoms with Gasteiger partial charge in [0.05, 0.1) is 15.7 Å². The average molecular weight is 669 g/mol. The van der Waals surface area contributed by atoms with Gasteiger partial charge in [-0.1, -0.05) is 128 Å². The predicted octanol–water partition coefficient (Wildman–Crippen LogP) is 13.2. The van der Waals surface area contributed by atoms with E-state index >= 15 is 0 Å². The van der Waals surface area contributed by atoms with Gasteiger partial charge < -0.3 is 0 Å². The van der Waals surface area contributed by atoms with Crippen LogP contribution < -0.4 is 0 Å². The summed E-state index contributed by atoms with van der Waals surface area (Å²) in [6, 6.07) is 50.9. The maximum Gasteiger partial charge on any atom is 0.138 e. The molecule has 51 heavy (non-hydrogen) atoms. The predicted molar refractivity (Wildman–Crippen MR) is 219 cm³/mol. The van der Waals surface area contributed by atoms with Gasteiger partial charge in [0.25, 0.3) is 0 Å². The largest absolute Gasteiger partial charge is 0.294 e. The number of nitrogens with zero attached hydrogens (tertiary/aromatic N) is 2. The molecule has 0 N–H and O–H groups in total. The Labute approximate surface area is 300 Å². The van der Waals surface area contributed by atoms with Crippen molar-refractivity contribution in [1.82, 2.24) is 9.55 Å². The Morgan fingerprint density at radius 2 is 1.22 bits per heavy atom. The SMILES string of the molecule is C=C1/C=C\C=C/Cc2ccccc2-c2cc(-c3cccc(-c4ccc5sc6cnc(-n7c8ccccc8c8ccccc87)cc6c5c4)c3)ccc21. The zero-order valence-electron chi connectivity index (χ0n) is 27.9. The van der Waals surface area contributed by atoms with Crippen LogP contribution in [0.25, 0.3) is 86.7 Å². The van der Waals surface area contributed by atoms with E-state index in [0.29, 0.717) is 0 Å². The molecule has 3 heteroatoms. The lowest BCUT2D eigenvalue weighted by Gasteiger charge is -2.17. The van der Waals surface area contributed by atoms with E-state index in [0.717, 1.165) is 17.8 Å². The molecule has 0 saturated carbocycles. The van der Waals surface area contributed by atoms with Crippen LogP contribution in [0.2, 0.25) is 0 Å². The van der Waals surface area contributed by atoms with Gasteiger partial charge in [-0.05, 0) is 99.0 Å². The summed E-state index contributed by atoms with van der Waals surface area (Å²) < 4.78 is 4.76. The first kappa shape index (κ1) is 29.6. The topological polar surface area (TPSA) is 17.8 Å². The lowest BCUT2D eigenvalue weighted by atomic mass is 9.87. The normalized spacial score (nSPS) is 14.2. The molecule has 2 nitrogen and oxygen atoms in total. The number of hydrogen-bond donors (Lipinski definition) is 0. The number of aromatic nitrogens is 2. The van der Waals surface area contributed by atoms with Crippen LogP contribution >= 0.6 is 11.3 Å². The van der Waals surface area contributed by atoms with Crippen molar-refractivity contribution in [2.24, 2.45) is 0 Å². The van der Waals surface area contributed by atoms with Crippen LogP contribution in [-0.4, -0.2) is 9.55 Å². The molecule has 240 valence electrons. The highest BCUT2D eigenvalue weighted by Gasteiger charge is 2.16. The van der Waals surface area contributed by atoms with Crippen molar-refractivity contribution < 1.29 is 0 Å². The fraction of sp³-hybridized carbons (Fsp3) is 0.0208. The van der Waals surface area contributed by atoms with E-state index in [1.165, 1.54) is 86.5 Å². The van der Waals surface area contributed by atoms with Crippen molar-refractivity contribution >= 4 is 58.9 Å². The number of para-hydroxylation sites is 2. The summed E-state index contributed by atoms with van der Waals surface area (Å²) >= 11 is 1.80. The Hall–Kier alpha value is -6.29. The Morgan fingerprint density at radius 1 is 0.529 bits per heavy atom.